The highest BCUT2D eigenvalue weighted by molar-refractivity contribution is 7.16. The summed E-state index contributed by atoms with van der Waals surface area (Å²) < 4.78 is 24.2. The number of ether oxygens (including phenoxy) is 1. The molecule has 1 N–H and O–H groups in total. The molecule has 0 saturated carbocycles. The molecule has 0 atom stereocenters. The molecule has 0 bridgehead atoms. The maximum Gasteiger partial charge on any atom is 0.280 e. The maximum atomic E-state index is 13.2. The zero-order chi connectivity index (χ0) is 19.1. The summed E-state index contributed by atoms with van der Waals surface area (Å²) in [7, 11) is 0. The van der Waals surface area contributed by atoms with Gasteiger partial charge in [-0.1, -0.05) is 23.5 Å². The van der Waals surface area contributed by atoms with Crippen LogP contribution >= 0.6 is 11.3 Å². The molecule has 1 aliphatic heterocycles. The van der Waals surface area contributed by atoms with Gasteiger partial charge in [0, 0.05) is 11.1 Å². The number of nitrogens with zero attached hydrogens (tertiary/aromatic N) is 2. The molecule has 1 aliphatic rings. The van der Waals surface area contributed by atoms with Gasteiger partial charge in [0.05, 0.1) is 10.6 Å². The van der Waals surface area contributed by atoms with E-state index < -0.39 is 5.91 Å². The van der Waals surface area contributed by atoms with Gasteiger partial charge in [0.2, 0.25) is 0 Å². The molecule has 1 amide bonds. The van der Waals surface area contributed by atoms with E-state index in [9.17, 15) is 9.18 Å². The molecule has 2 aromatic heterocycles. The standard InChI is InChI=1S/C20H12FN3O3S/c21-12-7-5-11(6-8-12)18-17(22-10-27-18)19(25)24-20-23-16-13-3-1-2-4-14(13)26-9-15(16)28-20/h1-8,10H,9H2,(H,23,24,25). The number of para-hydroxylation sites is 1. The van der Waals surface area contributed by atoms with Crippen LogP contribution < -0.4 is 10.1 Å². The molecule has 0 aliphatic carbocycles. The summed E-state index contributed by atoms with van der Waals surface area (Å²) in [6.45, 7) is 0.407. The van der Waals surface area contributed by atoms with E-state index in [-0.39, 0.29) is 17.3 Å². The first kappa shape index (κ1) is 16.6. The lowest BCUT2D eigenvalue weighted by atomic mass is 10.1. The van der Waals surface area contributed by atoms with Crippen LogP contribution in [0.5, 0.6) is 5.75 Å². The lowest BCUT2D eigenvalue weighted by Gasteiger charge is -2.15. The van der Waals surface area contributed by atoms with Gasteiger partial charge in [-0.05, 0) is 36.4 Å². The highest BCUT2D eigenvalue weighted by Gasteiger charge is 2.24. The summed E-state index contributed by atoms with van der Waals surface area (Å²) in [5.74, 6) is 0.222. The highest BCUT2D eigenvalue weighted by atomic mass is 32.1. The SMILES string of the molecule is O=C(Nc1nc2c(s1)COc1ccccc1-2)c1ncoc1-c1ccc(F)cc1. The summed E-state index contributed by atoms with van der Waals surface area (Å²) in [5.41, 5.74) is 2.37. The molecule has 28 heavy (non-hydrogen) atoms. The van der Waals surface area contributed by atoms with Gasteiger partial charge in [-0.2, -0.15) is 0 Å². The van der Waals surface area contributed by atoms with Gasteiger partial charge in [0.25, 0.3) is 5.91 Å². The Morgan fingerprint density at radius 3 is 2.82 bits per heavy atom. The summed E-state index contributed by atoms with van der Waals surface area (Å²) in [5, 5.41) is 3.22. The maximum absolute atomic E-state index is 13.2. The highest BCUT2D eigenvalue weighted by Crippen LogP contribution is 2.40. The van der Waals surface area contributed by atoms with Crippen molar-refractivity contribution in [3.63, 3.8) is 0 Å². The van der Waals surface area contributed by atoms with Crippen molar-refractivity contribution >= 4 is 22.4 Å². The minimum atomic E-state index is -0.451. The molecular weight excluding hydrogens is 381 g/mol. The van der Waals surface area contributed by atoms with E-state index in [1.165, 1.54) is 42.0 Å². The smallest absolute Gasteiger partial charge is 0.280 e. The van der Waals surface area contributed by atoms with E-state index in [4.69, 9.17) is 9.15 Å². The molecular formula is C20H12FN3O3S. The van der Waals surface area contributed by atoms with E-state index in [2.05, 4.69) is 15.3 Å². The fourth-order valence-electron chi connectivity index (χ4n) is 3.02. The van der Waals surface area contributed by atoms with Gasteiger partial charge >= 0.3 is 0 Å². The fraction of sp³-hybridized carbons (Fsp3) is 0.0500. The minimum absolute atomic E-state index is 0.108. The van der Waals surface area contributed by atoms with Gasteiger partial charge in [0.15, 0.2) is 23.0 Å². The van der Waals surface area contributed by atoms with Gasteiger partial charge in [-0.3, -0.25) is 10.1 Å². The van der Waals surface area contributed by atoms with Crippen molar-refractivity contribution in [1.29, 1.82) is 0 Å². The molecule has 6 nitrogen and oxygen atoms in total. The number of amides is 1. The van der Waals surface area contributed by atoms with Gasteiger partial charge in [-0.15, -0.1) is 0 Å². The fourth-order valence-corrected chi connectivity index (χ4v) is 3.90. The number of rotatable bonds is 3. The number of benzene rings is 2. The molecule has 8 heteroatoms. The third kappa shape index (κ3) is 2.84. The van der Waals surface area contributed by atoms with Gasteiger partial charge < -0.3 is 9.15 Å². The molecule has 138 valence electrons. The van der Waals surface area contributed by atoms with Crippen molar-refractivity contribution in [1.82, 2.24) is 9.97 Å². The van der Waals surface area contributed by atoms with Crippen molar-refractivity contribution in [3.05, 3.63) is 71.3 Å². The number of thiazole rings is 1. The second kappa shape index (κ2) is 6.58. The van der Waals surface area contributed by atoms with Crippen molar-refractivity contribution in [3.8, 4) is 28.3 Å². The Balaban J connectivity index is 1.43. The second-order valence-electron chi connectivity index (χ2n) is 6.07. The number of hydrogen-bond donors (Lipinski definition) is 1. The normalized spacial score (nSPS) is 12.0. The van der Waals surface area contributed by atoms with Crippen LogP contribution in [0.1, 0.15) is 15.4 Å². The lowest BCUT2D eigenvalue weighted by molar-refractivity contribution is 0.102. The molecule has 0 unspecified atom stereocenters. The van der Waals surface area contributed by atoms with Crippen LogP contribution in [-0.2, 0) is 6.61 Å². The number of fused-ring (bicyclic) bond motifs is 3. The molecule has 4 aromatic rings. The number of carbonyl (C=O) groups excluding carboxylic acids is 1. The van der Waals surface area contributed by atoms with Crippen molar-refractivity contribution in [2.75, 3.05) is 5.32 Å². The van der Waals surface area contributed by atoms with E-state index in [1.54, 1.807) is 0 Å². The minimum Gasteiger partial charge on any atom is -0.487 e. The topological polar surface area (TPSA) is 77.2 Å². The van der Waals surface area contributed by atoms with Crippen LogP contribution in [0.3, 0.4) is 0 Å². The Labute approximate surface area is 162 Å². The zero-order valence-electron chi connectivity index (χ0n) is 14.3. The largest absolute Gasteiger partial charge is 0.487 e. The average Bonchev–Trinajstić information content (AvgIpc) is 3.35. The van der Waals surface area contributed by atoms with Gasteiger partial charge in [-0.25, -0.2) is 14.4 Å². The van der Waals surface area contributed by atoms with Crippen LogP contribution in [-0.4, -0.2) is 15.9 Å². The molecule has 0 saturated heterocycles. The van der Waals surface area contributed by atoms with Crippen molar-refractivity contribution in [2.24, 2.45) is 0 Å². The predicted octanol–water partition coefficient (Wildman–Crippen LogP) is 4.75. The number of hydrogen-bond acceptors (Lipinski definition) is 6. The number of nitrogens with one attached hydrogen (secondary N) is 1. The monoisotopic (exact) mass is 393 g/mol. The molecule has 3 heterocycles. The van der Waals surface area contributed by atoms with Crippen molar-refractivity contribution in [2.45, 2.75) is 6.61 Å². The Hall–Kier alpha value is -3.52. The summed E-state index contributed by atoms with van der Waals surface area (Å²) in [6.07, 6.45) is 1.19. The van der Waals surface area contributed by atoms with Crippen LogP contribution in [0.15, 0.2) is 59.3 Å². The zero-order valence-corrected chi connectivity index (χ0v) is 15.1. The predicted molar refractivity (Wildman–Crippen MR) is 102 cm³/mol. The Kier molecular flexibility index (Phi) is 3.91. The first-order valence-electron chi connectivity index (χ1n) is 8.42. The molecule has 0 radical (unpaired) electrons. The molecule has 2 aromatic carbocycles. The molecule has 5 rings (SSSR count). The van der Waals surface area contributed by atoms with E-state index in [0.717, 1.165) is 21.9 Å². The Morgan fingerprint density at radius 1 is 1.14 bits per heavy atom. The third-order valence-electron chi connectivity index (χ3n) is 4.31. The van der Waals surface area contributed by atoms with Crippen LogP contribution in [0.4, 0.5) is 9.52 Å². The summed E-state index contributed by atoms with van der Waals surface area (Å²) in [4.78, 5) is 22.2. The van der Waals surface area contributed by atoms with E-state index in [1.807, 2.05) is 24.3 Å². The van der Waals surface area contributed by atoms with E-state index >= 15 is 0 Å². The first-order valence-corrected chi connectivity index (χ1v) is 9.23. The third-order valence-corrected chi connectivity index (χ3v) is 5.25. The number of anilines is 1. The van der Waals surface area contributed by atoms with Crippen molar-refractivity contribution < 1.29 is 18.3 Å². The second-order valence-corrected chi connectivity index (χ2v) is 7.15. The Bertz CT molecular complexity index is 1180. The Morgan fingerprint density at radius 2 is 1.96 bits per heavy atom. The average molecular weight is 393 g/mol. The quantitative estimate of drug-likeness (QED) is 0.544. The number of aromatic nitrogens is 2. The lowest BCUT2D eigenvalue weighted by Crippen LogP contribution is -2.13. The van der Waals surface area contributed by atoms with Crippen LogP contribution in [0, 0.1) is 5.82 Å². The number of halogens is 1. The van der Waals surface area contributed by atoms with Crippen LogP contribution in [0.25, 0.3) is 22.6 Å². The summed E-state index contributed by atoms with van der Waals surface area (Å²) >= 11 is 1.35. The number of oxazole rings is 1. The van der Waals surface area contributed by atoms with E-state index in [0.29, 0.717) is 17.3 Å². The van der Waals surface area contributed by atoms with Crippen LogP contribution in [0.2, 0.25) is 0 Å². The molecule has 0 spiro atoms. The summed E-state index contributed by atoms with van der Waals surface area (Å²) in [6, 6.07) is 13.3. The first-order chi connectivity index (χ1) is 13.7. The number of carbonyl (C=O) groups is 1. The van der Waals surface area contributed by atoms with Gasteiger partial charge in [0.1, 0.15) is 18.2 Å². The molecule has 0 fully saturated rings.